The normalized spacial score (nSPS) is 27.4. The molecule has 0 aliphatic heterocycles. The zero-order valence-electron chi connectivity index (χ0n) is 10.4. The molecule has 2 aliphatic rings. The molecule has 16 heavy (non-hydrogen) atoms. The van der Waals surface area contributed by atoms with Gasteiger partial charge in [-0.3, -0.25) is 0 Å². The number of hydrogen-bond acceptors (Lipinski definition) is 2. The lowest BCUT2D eigenvalue weighted by molar-refractivity contribution is 0.0217. The van der Waals surface area contributed by atoms with Crippen LogP contribution in [0.3, 0.4) is 0 Å². The van der Waals surface area contributed by atoms with E-state index in [4.69, 9.17) is 0 Å². The van der Waals surface area contributed by atoms with Crippen LogP contribution in [0, 0.1) is 0 Å². The van der Waals surface area contributed by atoms with Gasteiger partial charge in [0, 0.05) is 0 Å². The molecule has 2 N–H and O–H groups in total. The van der Waals surface area contributed by atoms with Crippen molar-refractivity contribution in [2.45, 2.75) is 88.3 Å². The summed E-state index contributed by atoms with van der Waals surface area (Å²) in [5.41, 5.74) is -0.698. The van der Waals surface area contributed by atoms with Crippen LogP contribution in [0.15, 0.2) is 0 Å². The van der Waals surface area contributed by atoms with Crippen molar-refractivity contribution in [3.63, 3.8) is 0 Å². The molecule has 0 heterocycles. The molecule has 0 aromatic rings. The van der Waals surface area contributed by atoms with Gasteiger partial charge in [0.2, 0.25) is 0 Å². The minimum Gasteiger partial charge on any atom is -0.390 e. The van der Waals surface area contributed by atoms with Crippen LogP contribution in [0.2, 0.25) is 0 Å². The van der Waals surface area contributed by atoms with Gasteiger partial charge in [0.1, 0.15) is 0 Å². The highest BCUT2D eigenvalue weighted by Crippen LogP contribution is 2.36. The van der Waals surface area contributed by atoms with Crippen molar-refractivity contribution in [3.05, 3.63) is 0 Å². The molecule has 2 saturated carbocycles. The summed E-state index contributed by atoms with van der Waals surface area (Å²) < 4.78 is 0. The van der Waals surface area contributed by atoms with E-state index in [-0.39, 0.29) is 11.2 Å². The van der Waals surface area contributed by atoms with Gasteiger partial charge >= 0.3 is 0 Å². The minimum atomic E-state index is -0.349. The molecule has 2 nitrogen and oxygen atoms in total. The summed E-state index contributed by atoms with van der Waals surface area (Å²) >= 11 is 0. The van der Waals surface area contributed by atoms with E-state index in [0.29, 0.717) is 0 Å². The Hall–Kier alpha value is -0.0800. The third kappa shape index (κ3) is 3.21. The van der Waals surface area contributed by atoms with Crippen LogP contribution in [0.1, 0.15) is 77.0 Å². The first-order valence-corrected chi connectivity index (χ1v) is 7.07. The predicted octanol–water partition coefficient (Wildman–Crippen LogP) is 3.16. The molecule has 0 aromatic heterocycles. The van der Waals surface area contributed by atoms with Gasteiger partial charge in [-0.2, -0.15) is 0 Å². The van der Waals surface area contributed by atoms with Gasteiger partial charge in [-0.25, -0.2) is 0 Å². The monoisotopic (exact) mass is 226 g/mol. The van der Waals surface area contributed by atoms with E-state index in [1.54, 1.807) is 0 Å². The van der Waals surface area contributed by atoms with Crippen LogP contribution in [0.25, 0.3) is 0 Å². The molecule has 0 aromatic carbocycles. The summed E-state index contributed by atoms with van der Waals surface area (Å²) in [6.07, 6.45) is 12.8. The van der Waals surface area contributed by atoms with Crippen LogP contribution >= 0.6 is 0 Å². The van der Waals surface area contributed by atoms with Gasteiger partial charge in [0.25, 0.3) is 0 Å². The summed E-state index contributed by atoms with van der Waals surface area (Å²) in [6.45, 7) is 0. The van der Waals surface area contributed by atoms with Crippen molar-refractivity contribution in [2.75, 3.05) is 0 Å². The average molecular weight is 226 g/mol. The standard InChI is InChI=1S/C14H26O2/c15-13(7-1-2-8-13)11-5-6-12-14(16)9-3-4-10-14/h15-16H,1-12H2. The van der Waals surface area contributed by atoms with E-state index in [0.717, 1.165) is 51.4 Å². The molecule has 2 rings (SSSR count). The van der Waals surface area contributed by atoms with Crippen molar-refractivity contribution in [2.24, 2.45) is 0 Å². The Balaban J connectivity index is 1.61. The molecule has 0 spiro atoms. The molecule has 2 aliphatic carbocycles. The number of unbranched alkanes of at least 4 members (excludes halogenated alkanes) is 1. The lowest BCUT2D eigenvalue weighted by atomic mass is 9.90. The fraction of sp³-hybridized carbons (Fsp3) is 1.00. The minimum absolute atomic E-state index is 0.349. The molecule has 0 amide bonds. The van der Waals surface area contributed by atoms with Crippen molar-refractivity contribution in [1.82, 2.24) is 0 Å². The Kier molecular flexibility index (Phi) is 3.91. The van der Waals surface area contributed by atoms with Gasteiger partial charge in [-0.1, -0.05) is 38.5 Å². The lowest BCUT2D eigenvalue weighted by Crippen LogP contribution is -2.25. The predicted molar refractivity (Wildman–Crippen MR) is 65.3 cm³/mol. The Morgan fingerprint density at radius 3 is 1.25 bits per heavy atom. The second kappa shape index (κ2) is 5.05. The Labute approximate surface area is 99.1 Å². The highest BCUT2D eigenvalue weighted by molar-refractivity contribution is 4.86. The topological polar surface area (TPSA) is 40.5 Å². The smallest absolute Gasteiger partial charge is 0.0647 e. The van der Waals surface area contributed by atoms with Crippen molar-refractivity contribution >= 4 is 0 Å². The molecule has 94 valence electrons. The summed E-state index contributed by atoms with van der Waals surface area (Å²) in [6, 6.07) is 0. The third-order valence-electron chi connectivity index (χ3n) is 4.60. The third-order valence-corrected chi connectivity index (χ3v) is 4.60. The number of aliphatic hydroxyl groups is 2. The molecular weight excluding hydrogens is 200 g/mol. The van der Waals surface area contributed by atoms with E-state index >= 15 is 0 Å². The fourth-order valence-corrected chi connectivity index (χ4v) is 3.47. The van der Waals surface area contributed by atoms with Crippen LogP contribution in [0.4, 0.5) is 0 Å². The Morgan fingerprint density at radius 2 is 0.938 bits per heavy atom. The van der Waals surface area contributed by atoms with E-state index in [9.17, 15) is 10.2 Å². The van der Waals surface area contributed by atoms with Crippen LogP contribution in [-0.2, 0) is 0 Å². The summed E-state index contributed by atoms with van der Waals surface area (Å²) in [7, 11) is 0. The largest absolute Gasteiger partial charge is 0.390 e. The van der Waals surface area contributed by atoms with Gasteiger partial charge in [-0.15, -0.1) is 0 Å². The average Bonchev–Trinajstić information content (AvgIpc) is 2.84. The Bertz CT molecular complexity index is 189. The maximum Gasteiger partial charge on any atom is 0.0647 e. The molecule has 0 atom stereocenters. The maximum atomic E-state index is 10.2. The molecule has 2 fully saturated rings. The highest BCUT2D eigenvalue weighted by Gasteiger charge is 2.32. The lowest BCUT2D eigenvalue weighted by Gasteiger charge is -2.24. The van der Waals surface area contributed by atoms with Gasteiger partial charge in [0.15, 0.2) is 0 Å². The van der Waals surface area contributed by atoms with Crippen LogP contribution < -0.4 is 0 Å². The second-order valence-electron chi connectivity index (χ2n) is 6.07. The molecule has 0 bridgehead atoms. The van der Waals surface area contributed by atoms with Gasteiger partial charge in [0.05, 0.1) is 11.2 Å². The first-order chi connectivity index (χ1) is 7.62. The second-order valence-corrected chi connectivity index (χ2v) is 6.07. The number of rotatable bonds is 5. The SMILES string of the molecule is OC1(CCCCC2(O)CCCC2)CCCC1. The first-order valence-electron chi connectivity index (χ1n) is 7.07. The summed E-state index contributed by atoms with van der Waals surface area (Å²) in [5.74, 6) is 0. The van der Waals surface area contributed by atoms with Crippen molar-refractivity contribution in [1.29, 1.82) is 0 Å². The Morgan fingerprint density at radius 1 is 0.625 bits per heavy atom. The zero-order valence-corrected chi connectivity index (χ0v) is 10.4. The molecule has 2 heteroatoms. The van der Waals surface area contributed by atoms with E-state index in [1.165, 1.54) is 25.7 Å². The number of hydrogen-bond donors (Lipinski definition) is 2. The molecule has 0 unspecified atom stereocenters. The van der Waals surface area contributed by atoms with Crippen molar-refractivity contribution in [3.8, 4) is 0 Å². The summed E-state index contributed by atoms with van der Waals surface area (Å²) in [4.78, 5) is 0. The van der Waals surface area contributed by atoms with E-state index in [2.05, 4.69) is 0 Å². The highest BCUT2D eigenvalue weighted by atomic mass is 16.3. The summed E-state index contributed by atoms with van der Waals surface area (Å²) in [5, 5.41) is 20.4. The van der Waals surface area contributed by atoms with E-state index in [1.807, 2.05) is 0 Å². The quantitative estimate of drug-likeness (QED) is 0.707. The maximum absolute atomic E-state index is 10.2. The van der Waals surface area contributed by atoms with Crippen molar-refractivity contribution < 1.29 is 10.2 Å². The first kappa shape index (κ1) is 12.4. The van der Waals surface area contributed by atoms with E-state index < -0.39 is 0 Å². The van der Waals surface area contributed by atoms with Crippen LogP contribution in [0.5, 0.6) is 0 Å². The molecular formula is C14H26O2. The zero-order chi connectivity index (χ0) is 11.5. The van der Waals surface area contributed by atoms with Gasteiger partial charge in [-0.05, 0) is 38.5 Å². The molecule has 0 saturated heterocycles. The van der Waals surface area contributed by atoms with Crippen LogP contribution in [-0.4, -0.2) is 21.4 Å². The molecule has 0 radical (unpaired) electrons. The fourth-order valence-electron chi connectivity index (χ4n) is 3.47. The van der Waals surface area contributed by atoms with Gasteiger partial charge < -0.3 is 10.2 Å².